The van der Waals surface area contributed by atoms with E-state index in [0.717, 1.165) is 37.1 Å². The summed E-state index contributed by atoms with van der Waals surface area (Å²) in [5.41, 5.74) is 2.24. The zero-order valence-corrected chi connectivity index (χ0v) is 14.6. The molecule has 1 atom stereocenters. The Morgan fingerprint density at radius 1 is 1.04 bits per heavy atom. The summed E-state index contributed by atoms with van der Waals surface area (Å²) in [6, 6.07) is 14.2. The molecular formula is C19H22FNO2S. The predicted molar refractivity (Wildman–Crippen MR) is 93.0 cm³/mol. The molecule has 0 N–H and O–H groups in total. The molecule has 24 heavy (non-hydrogen) atoms. The Morgan fingerprint density at radius 2 is 1.71 bits per heavy atom. The van der Waals surface area contributed by atoms with Crippen molar-refractivity contribution in [3.8, 4) is 0 Å². The quantitative estimate of drug-likeness (QED) is 0.840. The molecule has 0 amide bonds. The van der Waals surface area contributed by atoms with Crippen molar-refractivity contribution >= 4 is 9.84 Å². The van der Waals surface area contributed by atoms with E-state index in [1.54, 1.807) is 12.1 Å². The van der Waals surface area contributed by atoms with E-state index >= 15 is 0 Å². The number of hydrogen-bond donors (Lipinski definition) is 0. The highest BCUT2D eigenvalue weighted by atomic mass is 32.2. The van der Waals surface area contributed by atoms with E-state index in [-0.39, 0.29) is 11.9 Å². The lowest BCUT2D eigenvalue weighted by Gasteiger charge is -2.36. The molecule has 3 rings (SSSR count). The zero-order chi connectivity index (χ0) is 17.2. The second-order valence-electron chi connectivity index (χ2n) is 6.45. The van der Waals surface area contributed by atoms with Crippen LogP contribution in [0.2, 0.25) is 0 Å². The third kappa shape index (κ3) is 4.02. The van der Waals surface area contributed by atoms with Crippen LogP contribution in [0.25, 0.3) is 0 Å². The van der Waals surface area contributed by atoms with Crippen LogP contribution in [-0.2, 0) is 16.4 Å². The summed E-state index contributed by atoms with van der Waals surface area (Å²) in [4.78, 5) is 2.74. The monoisotopic (exact) mass is 347 g/mol. The summed E-state index contributed by atoms with van der Waals surface area (Å²) in [6.45, 7) is 1.77. The molecular weight excluding hydrogens is 325 g/mol. The van der Waals surface area contributed by atoms with Gasteiger partial charge in [-0.3, -0.25) is 4.90 Å². The molecule has 2 aromatic carbocycles. The second kappa shape index (κ2) is 7.03. The van der Waals surface area contributed by atoms with Crippen molar-refractivity contribution < 1.29 is 12.8 Å². The van der Waals surface area contributed by atoms with Crippen molar-refractivity contribution in [2.24, 2.45) is 0 Å². The summed E-state index contributed by atoms with van der Waals surface area (Å²) >= 11 is 0. The number of sulfone groups is 1. The predicted octanol–water partition coefficient (Wildman–Crippen LogP) is 3.96. The summed E-state index contributed by atoms with van der Waals surface area (Å²) in [7, 11) is -3.16. The first-order valence-corrected chi connectivity index (χ1v) is 10.1. The fourth-order valence-electron chi connectivity index (χ4n) is 3.32. The van der Waals surface area contributed by atoms with Crippen LogP contribution in [0.5, 0.6) is 0 Å². The number of hydrogen-bond acceptors (Lipinski definition) is 3. The molecule has 1 saturated heterocycles. The van der Waals surface area contributed by atoms with Gasteiger partial charge in [0.25, 0.3) is 0 Å². The van der Waals surface area contributed by atoms with E-state index in [0.29, 0.717) is 4.90 Å². The standard InChI is InChI=1S/C19H22FNO2S/c1-24(22,23)18-11-5-15(6-12-18)14-21-13-3-2-4-19(21)16-7-9-17(20)10-8-16/h5-12,19H,2-4,13-14H2,1H3/t19-/m1/s1. The van der Waals surface area contributed by atoms with Crippen LogP contribution >= 0.6 is 0 Å². The van der Waals surface area contributed by atoms with Crippen LogP contribution in [0.15, 0.2) is 53.4 Å². The normalized spacial score (nSPS) is 19.3. The number of likely N-dealkylation sites (tertiary alicyclic amines) is 1. The molecule has 1 aliphatic rings. The molecule has 0 aromatic heterocycles. The van der Waals surface area contributed by atoms with Crippen molar-refractivity contribution in [2.45, 2.75) is 36.7 Å². The molecule has 3 nitrogen and oxygen atoms in total. The SMILES string of the molecule is CS(=O)(=O)c1ccc(CN2CCCC[C@@H]2c2ccc(F)cc2)cc1. The lowest BCUT2D eigenvalue weighted by Crippen LogP contribution is -2.32. The van der Waals surface area contributed by atoms with Gasteiger partial charge in [-0.2, -0.15) is 0 Å². The summed E-state index contributed by atoms with van der Waals surface area (Å²) < 4.78 is 36.3. The average Bonchev–Trinajstić information content (AvgIpc) is 2.56. The van der Waals surface area contributed by atoms with Crippen LogP contribution in [0.3, 0.4) is 0 Å². The number of rotatable bonds is 4. The fraction of sp³-hybridized carbons (Fsp3) is 0.368. The summed E-state index contributed by atoms with van der Waals surface area (Å²) in [5, 5.41) is 0. The lowest BCUT2D eigenvalue weighted by molar-refractivity contribution is 0.140. The third-order valence-corrected chi connectivity index (χ3v) is 5.73. The van der Waals surface area contributed by atoms with Crippen molar-refractivity contribution in [3.05, 3.63) is 65.5 Å². The number of nitrogens with zero attached hydrogens (tertiary/aromatic N) is 1. The van der Waals surface area contributed by atoms with Gasteiger partial charge in [0.05, 0.1) is 4.90 Å². The van der Waals surface area contributed by atoms with Crippen LogP contribution in [-0.4, -0.2) is 26.1 Å². The number of piperidine rings is 1. The van der Waals surface area contributed by atoms with Gasteiger partial charge in [-0.25, -0.2) is 12.8 Å². The first-order chi connectivity index (χ1) is 11.4. The minimum absolute atomic E-state index is 0.211. The van der Waals surface area contributed by atoms with Crippen molar-refractivity contribution in [2.75, 3.05) is 12.8 Å². The highest BCUT2D eigenvalue weighted by molar-refractivity contribution is 7.90. The molecule has 0 saturated carbocycles. The van der Waals surface area contributed by atoms with Gasteiger partial charge in [0.1, 0.15) is 5.82 Å². The topological polar surface area (TPSA) is 37.4 Å². The maximum Gasteiger partial charge on any atom is 0.175 e. The highest BCUT2D eigenvalue weighted by Gasteiger charge is 2.24. The summed E-state index contributed by atoms with van der Waals surface area (Å²) in [6.07, 6.45) is 4.61. The van der Waals surface area contributed by atoms with E-state index in [1.807, 2.05) is 24.3 Å². The van der Waals surface area contributed by atoms with Gasteiger partial charge in [0, 0.05) is 18.8 Å². The van der Waals surface area contributed by atoms with Crippen LogP contribution in [0.1, 0.15) is 36.4 Å². The molecule has 128 valence electrons. The number of halogens is 1. The maximum absolute atomic E-state index is 13.2. The average molecular weight is 347 g/mol. The highest BCUT2D eigenvalue weighted by Crippen LogP contribution is 2.32. The minimum Gasteiger partial charge on any atom is -0.292 e. The zero-order valence-electron chi connectivity index (χ0n) is 13.8. The molecule has 0 radical (unpaired) electrons. The Bertz CT molecular complexity index is 785. The van der Waals surface area contributed by atoms with Gasteiger partial charge in [0.15, 0.2) is 9.84 Å². The Labute approximate surface area is 143 Å². The molecule has 0 spiro atoms. The largest absolute Gasteiger partial charge is 0.292 e. The Kier molecular flexibility index (Phi) is 5.01. The molecule has 0 aliphatic carbocycles. The molecule has 1 fully saturated rings. The Morgan fingerprint density at radius 3 is 2.33 bits per heavy atom. The van der Waals surface area contributed by atoms with E-state index in [2.05, 4.69) is 4.90 Å². The lowest BCUT2D eigenvalue weighted by atomic mass is 9.94. The third-order valence-electron chi connectivity index (χ3n) is 4.61. The van der Waals surface area contributed by atoms with Crippen LogP contribution in [0, 0.1) is 5.82 Å². The van der Waals surface area contributed by atoms with Gasteiger partial charge in [-0.05, 0) is 54.8 Å². The van der Waals surface area contributed by atoms with E-state index in [1.165, 1.54) is 24.8 Å². The van der Waals surface area contributed by atoms with Gasteiger partial charge in [-0.1, -0.05) is 30.7 Å². The molecule has 1 heterocycles. The van der Waals surface area contributed by atoms with Crippen molar-refractivity contribution in [3.63, 3.8) is 0 Å². The summed E-state index contributed by atoms with van der Waals surface area (Å²) in [5.74, 6) is -0.211. The number of benzene rings is 2. The van der Waals surface area contributed by atoms with E-state index in [4.69, 9.17) is 0 Å². The molecule has 5 heteroatoms. The second-order valence-corrected chi connectivity index (χ2v) is 8.47. The first-order valence-electron chi connectivity index (χ1n) is 8.22. The van der Waals surface area contributed by atoms with E-state index in [9.17, 15) is 12.8 Å². The van der Waals surface area contributed by atoms with Crippen LogP contribution < -0.4 is 0 Å². The molecule has 0 unspecified atom stereocenters. The van der Waals surface area contributed by atoms with Gasteiger partial charge in [-0.15, -0.1) is 0 Å². The molecule has 2 aromatic rings. The van der Waals surface area contributed by atoms with Gasteiger partial charge >= 0.3 is 0 Å². The molecule has 1 aliphatic heterocycles. The van der Waals surface area contributed by atoms with Gasteiger partial charge < -0.3 is 0 Å². The molecule has 0 bridgehead atoms. The smallest absolute Gasteiger partial charge is 0.175 e. The van der Waals surface area contributed by atoms with Crippen molar-refractivity contribution in [1.29, 1.82) is 0 Å². The van der Waals surface area contributed by atoms with Crippen molar-refractivity contribution in [1.82, 2.24) is 4.90 Å². The fourth-order valence-corrected chi connectivity index (χ4v) is 3.95. The van der Waals surface area contributed by atoms with E-state index < -0.39 is 9.84 Å². The van der Waals surface area contributed by atoms with Crippen LogP contribution in [0.4, 0.5) is 4.39 Å². The Hall–Kier alpha value is -1.72. The first kappa shape index (κ1) is 17.1. The Balaban J connectivity index is 1.77. The van der Waals surface area contributed by atoms with Gasteiger partial charge in [0.2, 0.25) is 0 Å². The maximum atomic E-state index is 13.2. The minimum atomic E-state index is -3.16.